The second kappa shape index (κ2) is 5.49. The lowest BCUT2D eigenvalue weighted by Gasteiger charge is -2.41. The van der Waals surface area contributed by atoms with Gasteiger partial charge >= 0.3 is 0 Å². The average Bonchev–Trinajstić information content (AvgIpc) is 2.35. The molecule has 0 amide bonds. The Hall–Kier alpha value is -0.410. The molecule has 0 aromatic heterocycles. The highest BCUT2D eigenvalue weighted by Gasteiger charge is 2.36. The summed E-state index contributed by atoms with van der Waals surface area (Å²) in [6.07, 6.45) is 5.92. The monoisotopic (exact) mass is 238 g/mol. The second-order valence-corrected chi connectivity index (χ2v) is 6.24. The molecule has 0 unspecified atom stereocenters. The van der Waals surface area contributed by atoms with Crippen molar-refractivity contribution in [2.45, 2.75) is 32.6 Å². The lowest BCUT2D eigenvalue weighted by Crippen LogP contribution is -2.49. The van der Waals surface area contributed by atoms with Crippen molar-refractivity contribution in [3.05, 3.63) is 0 Å². The zero-order valence-corrected chi connectivity index (χ0v) is 11.3. The molecule has 2 fully saturated rings. The van der Waals surface area contributed by atoms with Crippen LogP contribution in [0, 0.1) is 11.3 Å². The van der Waals surface area contributed by atoms with Crippen molar-refractivity contribution in [3.8, 4) is 0 Å². The molecule has 1 aliphatic heterocycles. The van der Waals surface area contributed by atoms with E-state index >= 15 is 0 Å². The van der Waals surface area contributed by atoms with Gasteiger partial charge in [0.2, 0.25) is 0 Å². The maximum Gasteiger partial charge on any atom is 0.127 e. The molecular formula is C14H26N2O. The fraction of sp³-hybridized carbons (Fsp3) is 0.929. The molecule has 0 aromatic rings. The molecule has 1 heterocycles. The van der Waals surface area contributed by atoms with Crippen LogP contribution < -0.4 is 0 Å². The van der Waals surface area contributed by atoms with E-state index in [4.69, 9.17) is 0 Å². The number of carbonyl (C=O) groups is 1. The van der Waals surface area contributed by atoms with Gasteiger partial charge in [-0.05, 0) is 38.6 Å². The predicted octanol–water partition coefficient (Wildman–Crippen LogP) is 1.63. The zero-order valence-electron chi connectivity index (χ0n) is 11.3. The number of hydrogen-bond donors (Lipinski definition) is 0. The molecule has 2 aliphatic rings. The molecule has 98 valence electrons. The number of nitrogens with zero attached hydrogens (tertiary/aromatic N) is 2. The van der Waals surface area contributed by atoms with Gasteiger partial charge in [0.1, 0.15) is 6.29 Å². The van der Waals surface area contributed by atoms with Crippen LogP contribution in [0.2, 0.25) is 0 Å². The molecule has 1 aliphatic carbocycles. The summed E-state index contributed by atoms with van der Waals surface area (Å²) in [5.41, 5.74) is -0.0254. The smallest absolute Gasteiger partial charge is 0.127 e. The summed E-state index contributed by atoms with van der Waals surface area (Å²) >= 11 is 0. The van der Waals surface area contributed by atoms with Crippen LogP contribution in [0.4, 0.5) is 0 Å². The number of carbonyl (C=O) groups excluding carboxylic acids is 1. The Labute approximate surface area is 105 Å². The third-order valence-electron chi connectivity index (χ3n) is 4.65. The summed E-state index contributed by atoms with van der Waals surface area (Å²) in [4.78, 5) is 16.3. The van der Waals surface area contributed by atoms with Gasteiger partial charge in [0.25, 0.3) is 0 Å². The fourth-order valence-electron chi connectivity index (χ4n) is 3.10. The first-order chi connectivity index (χ1) is 8.13. The van der Waals surface area contributed by atoms with E-state index in [0.29, 0.717) is 0 Å². The molecule has 0 radical (unpaired) electrons. The molecular weight excluding hydrogens is 212 g/mol. The number of aldehydes is 1. The van der Waals surface area contributed by atoms with E-state index in [-0.39, 0.29) is 5.41 Å². The van der Waals surface area contributed by atoms with E-state index in [0.717, 1.165) is 51.5 Å². The lowest BCUT2D eigenvalue weighted by atomic mass is 9.71. The molecule has 1 saturated heterocycles. The van der Waals surface area contributed by atoms with Crippen LogP contribution in [0.25, 0.3) is 0 Å². The van der Waals surface area contributed by atoms with E-state index in [1.54, 1.807) is 0 Å². The molecule has 3 heteroatoms. The molecule has 2 rings (SSSR count). The Morgan fingerprint density at radius 3 is 2.29 bits per heavy atom. The predicted molar refractivity (Wildman–Crippen MR) is 70.1 cm³/mol. The number of hydrogen-bond acceptors (Lipinski definition) is 3. The Kier molecular flexibility index (Phi) is 4.21. The third kappa shape index (κ3) is 3.29. The molecule has 3 nitrogen and oxygen atoms in total. The average molecular weight is 238 g/mol. The van der Waals surface area contributed by atoms with Crippen LogP contribution in [-0.4, -0.2) is 55.9 Å². The van der Waals surface area contributed by atoms with Crippen molar-refractivity contribution in [2.24, 2.45) is 11.3 Å². The summed E-state index contributed by atoms with van der Waals surface area (Å²) in [6.45, 7) is 7.85. The van der Waals surface area contributed by atoms with E-state index < -0.39 is 0 Å². The Bertz CT molecular complexity index is 251. The van der Waals surface area contributed by atoms with Crippen LogP contribution in [-0.2, 0) is 4.79 Å². The Morgan fingerprint density at radius 1 is 1.18 bits per heavy atom. The maximum absolute atomic E-state index is 11.5. The SMILES string of the molecule is CC1CCC(C=O)(CN2CCN(C)CC2)CC1. The first-order valence-corrected chi connectivity index (χ1v) is 7.01. The lowest BCUT2D eigenvalue weighted by molar-refractivity contribution is -0.120. The van der Waals surface area contributed by atoms with E-state index in [2.05, 4.69) is 23.8 Å². The highest BCUT2D eigenvalue weighted by Crippen LogP contribution is 2.38. The molecule has 0 aromatic carbocycles. The van der Waals surface area contributed by atoms with Gasteiger partial charge in [-0.2, -0.15) is 0 Å². The van der Waals surface area contributed by atoms with Gasteiger partial charge in [0.05, 0.1) is 0 Å². The molecule has 0 N–H and O–H groups in total. The molecule has 0 atom stereocenters. The summed E-state index contributed by atoms with van der Waals surface area (Å²) in [7, 11) is 2.18. The quantitative estimate of drug-likeness (QED) is 0.698. The molecule has 1 saturated carbocycles. The van der Waals surface area contributed by atoms with Crippen molar-refractivity contribution in [3.63, 3.8) is 0 Å². The summed E-state index contributed by atoms with van der Waals surface area (Å²) < 4.78 is 0. The minimum absolute atomic E-state index is 0.0254. The van der Waals surface area contributed by atoms with Gasteiger partial charge in [0, 0.05) is 38.1 Å². The fourth-order valence-corrected chi connectivity index (χ4v) is 3.10. The molecule has 0 spiro atoms. The largest absolute Gasteiger partial charge is 0.304 e. The number of rotatable bonds is 3. The van der Waals surface area contributed by atoms with Crippen LogP contribution in [0.3, 0.4) is 0 Å². The van der Waals surface area contributed by atoms with Gasteiger partial charge in [-0.15, -0.1) is 0 Å². The Balaban J connectivity index is 1.88. The van der Waals surface area contributed by atoms with Gasteiger partial charge in [-0.3, -0.25) is 4.90 Å². The highest BCUT2D eigenvalue weighted by atomic mass is 16.1. The van der Waals surface area contributed by atoms with Crippen LogP contribution >= 0.6 is 0 Å². The van der Waals surface area contributed by atoms with Crippen molar-refractivity contribution >= 4 is 6.29 Å². The first kappa shape index (κ1) is 13.0. The minimum Gasteiger partial charge on any atom is -0.304 e. The third-order valence-corrected chi connectivity index (χ3v) is 4.65. The van der Waals surface area contributed by atoms with Gasteiger partial charge in [0.15, 0.2) is 0 Å². The zero-order chi connectivity index (χ0) is 12.3. The van der Waals surface area contributed by atoms with Gasteiger partial charge in [-0.1, -0.05) is 6.92 Å². The topological polar surface area (TPSA) is 23.6 Å². The van der Waals surface area contributed by atoms with Crippen molar-refractivity contribution < 1.29 is 4.79 Å². The van der Waals surface area contributed by atoms with Crippen LogP contribution in [0.5, 0.6) is 0 Å². The van der Waals surface area contributed by atoms with E-state index in [1.807, 2.05) is 0 Å². The summed E-state index contributed by atoms with van der Waals surface area (Å²) in [5, 5.41) is 0. The normalized spacial score (nSPS) is 36.9. The molecule has 17 heavy (non-hydrogen) atoms. The van der Waals surface area contributed by atoms with Crippen LogP contribution in [0.15, 0.2) is 0 Å². The van der Waals surface area contributed by atoms with E-state index in [9.17, 15) is 4.79 Å². The standard InChI is InChI=1S/C14H26N2O/c1-13-3-5-14(12-17,6-4-13)11-16-9-7-15(2)8-10-16/h12-13H,3-11H2,1-2H3. The van der Waals surface area contributed by atoms with Crippen molar-refractivity contribution in [1.82, 2.24) is 9.80 Å². The highest BCUT2D eigenvalue weighted by molar-refractivity contribution is 5.60. The van der Waals surface area contributed by atoms with Crippen molar-refractivity contribution in [2.75, 3.05) is 39.8 Å². The number of likely N-dealkylation sites (N-methyl/N-ethyl adjacent to an activating group) is 1. The van der Waals surface area contributed by atoms with Gasteiger partial charge < -0.3 is 9.69 Å². The number of piperazine rings is 1. The minimum atomic E-state index is -0.0254. The van der Waals surface area contributed by atoms with Crippen molar-refractivity contribution in [1.29, 1.82) is 0 Å². The van der Waals surface area contributed by atoms with E-state index in [1.165, 1.54) is 19.1 Å². The Morgan fingerprint density at radius 2 is 1.76 bits per heavy atom. The summed E-state index contributed by atoms with van der Waals surface area (Å²) in [5.74, 6) is 0.815. The summed E-state index contributed by atoms with van der Waals surface area (Å²) in [6, 6.07) is 0. The second-order valence-electron chi connectivity index (χ2n) is 6.24. The molecule has 0 bridgehead atoms. The maximum atomic E-state index is 11.5. The van der Waals surface area contributed by atoms with Crippen LogP contribution in [0.1, 0.15) is 32.6 Å². The first-order valence-electron chi connectivity index (χ1n) is 7.01. The van der Waals surface area contributed by atoms with Gasteiger partial charge in [-0.25, -0.2) is 0 Å².